The molecule has 1 N–H and O–H groups in total. The van der Waals surface area contributed by atoms with Gasteiger partial charge in [-0.3, -0.25) is 4.98 Å². The number of aliphatic hydroxyl groups excluding tert-OH is 1. The molecule has 0 fully saturated rings. The molecule has 0 unspecified atom stereocenters. The summed E-state index contributed by atoms with van der Waals surface area (Å²) in [6.45, 7) is 0. The number of hydrogen-bond donors (Lipinski definition) is 1. The van der Waals surface area contributed by atoms with Gasteiger partial charge in [-0.05, 0) is 24.3 Å². The average molecular weight is 175 g/mol. The van der Waals surface area contributed by atoms with Crippen LogP contribution in [0.3, 0.4) is 0 Å². The first-order valence-electron chi connectivity index (χ1n) is 4.00. The van der Waals surface area contributed by atoms with Gasteiger partial charge in [0.2, 0.25) is 0 Å². The van der Waals surface area contributed by atoms with Crippen molar-refractivity contribution in [3.05, 3.63) is 54.2 Å². The van der Waals surface area contributed by atoms with Crippen LogP contribution in [0.1, 0.15) is 17.6 Å². The van der Waals surface area contributed by atoms with Crippen LogP contribution >= 0.6 is 0 Å². The summed E-state index contributed by atoms with van der Waals surface area (Å²) in [6.07, 6.45) is 2.40. The van der Waals surface area contributed by atoms with E-state index < -0.39 is 6.10 Å². The van der Waals surface area contributed by atoms with Gasteiger partial charge in [0.15, 0.2) is 6.10 Å². The first kappa shape index (κ1) is 8.01. The summed E-state index contributed by atoms with van der Waals surface area (Å²) in [5.74, 6) is 0.513. The number of aliphatic hydroxyl groups is 1. The fraction of sp³-hybridized carbons (Fsp3) is 0.100. The number of rotatable bonds is 2. The molecule has 3 nitrogen and oxygen atoms in total. The van der Waals surface area contributed by atoms with E-state index in [2.05, 4.69) is 4.98 Å². The van der Waals surface area contributed by atoms with E-state index in [9.17, 15) is 5.11 Å². The Balaban J connectivity index is 2.29. The Hall–Kier alpha value is -1.61. The zero-order valence-electron chi connectivity index (χ0n) is 6.92. The van der Waals surface area contributed by atoms with Gasteiger partial charge in [-0.25, -0.2) is 0 Å². The maximum Gasteiger partial charge on any atom is 0.153 e. The molecule has 0 amide bonds. The molecule has 0 aliphatic carbocycles. The lowest BCUT2D eigenvalue weighted by Gasteiger charge is -2.05. The fourth-order valence-corrected chi connectivity index (χ4v) is 1.13. The topological polar surface area (TPSA) is 46.3 Å². The Bertz CT molecular complexity index is 356. The first-order chi connectivity index (χ1) is 6.38. The number of pyridine rings is 1. The molecule has 2 aromatic heterocycles. The van der Waals surface area contributed by atoms with Gasteiger partial charge < -0.3 is 9.52 Å². The molecular formula is C10H9NO2. The lowest BCUT2D eigenvalue weighted by Crippen LogP contribution is -1.99. The minimum atomic E-state index is -0.767. The van der Waals surface area contributed by atoms with Crippen LogP contribution in [0.5, 0.6) is 0 Å². The predicted molar refractivity (Wildman–Crippen MR) is 47.0 cm³/mol. The monoisotopic (exact) mass is 175 g/mol. The van der Waals surface area contributed by atoms with E-state index in [1.54, 1.807) is 30.5 Å². The Labute approximate surface area is 75.7 Å². The largest absolute Gasteiger partial charge is 0.466 e. The maximum absolute atomic E-state index is 9.72. The summed E-state index contributed by atoms with van der Waals surface area (Å²) in [5.41, 5.74) is 0.595. The fourth-order valence-electron chi connectivity index (χ4n) is 1.13. The normalized spacial score (nSPS) is 12.7. The molecule has 1 atom stereocenters. The van der Waals surface area contributed by atoms with Crippen molar-refractivity contribution >= 4 is 0 Å². The van der Waals surface area contributed by atoms with Gasteiger partial charge in [-0.1, -0.05) is 6.07 Å². The average Bonchev–Trinajstić information content (AvgIpc) is 2.71. The third-order valence-corrected chi connectivity index (χ3v) is 1.78. The van der Waals surface area contributed by atoms with Gasteiger partial charge in [-0.2, -0.15) is 0 Å². The summed E-state index contributed by atoms with van der Waals surface area (Å²) < 4.78 is 5.06. The molecule has 0 bridgehead atoms. The van der Waals surface area contributed by atoms with Crippen LogP contribution in [0.2, 0.25) is 0 Å². The van der Waals surface area contributed by atoms with Crippen LogP contribution in [-0.2, 0) is 0 Å². The van der Waals surface area contributed by atoms with E-state index in [1.165, 1.54) is 6.26 Å². The molecule has 0 radical (unpaired) electrons. The highest BCUT2D eigenvalue weighted by atomic mass is 16.4. The van der Waals surface area contributed by atoms with Crippen molar-refractivity contribution in [3.8, 4) is 0 Å². The molecule has 66 valence electrons. The van der Waals surface area contributed by atoms with Crippen molar-refractivity contribution < 1.29 is 9.52 Å². The molecule has 0 spiro atoms. The zero-order chi connectivity index (χ0) is 9.10. The Morgan fingerprint density at radius 2 is 2.15 bits per heavy atom. The van der Waals surface area contributed by atoms with E-state index in [0.29, 0.717) is 11.5 Å². The van der Waals surface area contributed by atoms with Gasteiger partial charge in [0.25, 0.3) is 0 Å². The van der Waals surface area contributed by atoms with E-state index in [4.69, 9.17) is 4.42 Å². The second-order valence-corrected chi connectivity index (χ2v) is 2.67. The Morgan fingerprint density at radius 1 is 1.23 bits per heavy atom. The molecular weight excluding hydrogens is 166 g/mol. The van der Waals surface area contributed by atoms with Crippen LogP contribution < -0.4 is 0 Å². The van der Waals surface area contributed by atoms with Crippen molar-refractivity contribution in [3.63, 3.8) is 0 Å². The SMILES string of the molecule is O[C@H](c1ccccn1)c1ccco1. The van der Waals surface area contributed by atoms with Crippen molar-refractivity contribution in [1.82, 2.24) is 4.98 Å². The summed E-state index contributed by atoms with van der Waals surface area (Å²) in [7, 11) is 0. The van der Waals surface area contributed by atoms with Crippen molar-refractivity contribution in [1.29, 1.82) is 0 Å². The quantitative estimate of drug-likeness (QED) is 0.756. The molecule has 2 heterocycles. The highest BCUT2D eigenvalue weighted by Gasteiger charge is 2.13. The lowest BCUT2D eigenvalue weighted by molar-refractivity contribution is 0.185. The minimum absolute atomic E-state index is 0.513. The van der Waals surface area contributed by atoms with Crippen molar-refractivity contribution in [2.45, 2.75) is 6.10 Å². The standard InChI is InChI=1S/C10H9NO2/c12-10(9-5-3-7-13-9)8-4-1-2-6-11-8/h1-7,10,12H/t10-/m1/s1. The Kier molecular flexibility index (Phi) is 2.10. The molecule has 2 rings (SSSR count). The smallest absolute Gasteiger partial charge is 0.153 e. The van der Waals surface area contributed by atoms with Gasteiger partial charge >= 0.3 is 0 Å². The van der Waals surface area contributed by atoms with Crippen LogP contribution in [0.15, 0.2) is 47.2 Å². The maximum atomic E-state index is 9.72. The highest BCUT2D eigenvalue weighted by Crippen LogP contribution is 2.19. The third-order valence-electron chi connectivity index (χ3n) is 1.78. The summed E-state index contributed by atoms with van der Waals surface area (Å²) >= 11 is 0. The van der Waals surface area contributed by atoms with Crippen LogP contribution in [-0.4, -0.2) is 10.1 Å². The Morgan fingerprint density at radius 3 is 2.77 bits per heavy atom. The summed E-state index contributed by atoms with van der Waals surface area (Å²) in [5, 5.41) is 9.72. The molecule has 0 saturated heterocycles. The zero-order valence-corrected chi connectivity index (χ0v) is 6.92. The molecule has 3 heteroatoms. The van der Waals surface area contributed by atoms with Gasteiger partial charge in [0.05, 0.1) is 12.0 Å². The first-order valence-corrected chi connectivity index (χ1v) is 4.00. The molecule has 2 aromatic rings. The van der Waals surface area contributed by atoms with Crippen LogP contribution in [0.25, 0.3) is 0 Å². The number of aromatic nitrogens is 1. The molecule has 0 aliphatic rings. The minimum Gasteiger partial charge on any atom is -0.466 e. The van der Waals surface area contributed by atoms with Crippen LogP contribution in [0.4, 0.5) is 0 Å². The second kappa shape index (κ2) is 3.41. The third kappa shape index (κ3) is 1.60. The summed E-state index contributed by atoms with van der Waals surface area (Å²) in [6, 6.07) is 8.85. The van der Waals surface area contributed by atoms with Crippen molar-refractivity contribution in [2.24, 2.45) is 0 Å². The second-order valence-electron chi connectivity index (χ2n) is 2.67. The summed E-state index contributed by atoms with van der Waals surface area (Å²) in [4.78, 5) is 4.02. The van der Waals surface area contributed by atoms with E-state index >= 15 is 0 Å². The molecule has 0 aromatic carbocycles. The number of nitrogens with zero attached hydrogens (tertiary/aromatic N) is 1. The van der Waals surface area contributed by atoms with E-state index in [1.807, 2.05) is 6.07 Å². The molecule has 0 aliphatic heterocycles. The predicted octanol–water partition coefficient (Wildman–Crippen LogP) is 1.76. The van der Waals surface area contributed by atoms with Gasteiger partial charge in [-0.15, -0.1) is 0 Å². The highest BCUT2D eigenvalue weighted by molar-refractivity contribution is 5.16. The number of hydrogen-bond acceptors (Lipinski definition) is 3. The van der Waals surface area contributed by atoms with Crippen molar-refractivity contribution in [2.75, 3.05) is 0 Å². The van der Waals surface area contributed by atoms with Gasteiger partial charge in [0.1, 0.15) is 5.76 Å². The van der Waals surface area contributed by atoms with Crippen LogP contribution in [0, 0.1) is 0 Å². The molecule has 13 heavy (non-hydrogen) atoms. The molecule has 0 saturated carbocycles. The number of furan rings is 1. The van der Waals surface area contributed by atoms with E-state index in [-0.39, 0.29) is 0 Å². The van der Waals surface area contributed by atoms with E-state index in [0.717, 1.165) is 0 Å². The van der Waals surface area contributed by atoms with Gasteiger partial charge in [0, 0.05) is 6.20 Å². The lowest BCUT2D eigenvalue weighted by atomic mass is 10.2.